The number of hydrogen-bond donors (Lipinski definition) is 1. The van der Waals surface area contributed by atoms with Crippen molar-refractivity contribution in [2.24, 2.45) is 0 Å². The normalized spacial score (nSPS) is 16.9. The summed E-state index contributed by atoms with van der Waals surface area (Å²) in [5.41, 5.74) is 4.80. The molecule has 1 aliphatic carbocycles. The number of imidazole rings is 1. The van der Waals surface area contributed by atoms with E-state index in [0.717, 1.165) is 34.1 Å². The highest BCUT2D eigenvalue weighted by atomic mass is 35.5. The van der Waals surface area contributed by atoms with Crippen LogP contribution in [-0.2, 0) is 6.42 Å². The molecule has 1 aliphatic rings. The van der Waals surface area contributed by atoms with Crippen LogP contribution in [0, 0.1) is 0 Å². The zero-order valence-electron chi connectivity index (χ0n) is 16.8. The molecule has 0 aliphatic heterocycles. The van der Waals surface area contributed by atoms with Gasteiger partial charge in [0.25, 0.3) is 0 Å². The van der Waals surface area contributed by atoms with Gasteiger partial charge >= 0.3 is 0 Å². The second-order valence-electron chi connectivity index (χ2n) is 7.73. The fraction of sp³-hybridized carbons (Fsp3) is 0.250. The molecular weight excluding hydrogens is 412 g/mol. The lowest BCUT2D eigenvalue weighted by Gasteiger charge is -2.26. The molecule has 30 heavy (non-hydrogen) atoms. The summed E-state index contributed by atoms with van der Waals surface area (Å²) in [5.74, 6) is 0. The number of nitrogens with one attached hydrogen (secondary N) is 1. The molecule has 0 saturated heterocycles. The highest BCUT2D eigenvalue weighted by molar-refractivity contribution is 7.15. The van der Waals surface area contributed by atoms with Crippen molar-refractivity contribution in [2.45, 2.75) is 38.3 Å². The molecule has 1 N–H and O–H groups in total. The standard InChI is InChI=1S/C24H23ClN4S/c1-16(17-7-11-20(12-8-17)29-14-13-26-15-29)27-21-3-2-4-22-23(21)30-24(28-22)18-5-9-19(25)10-6-18/h5-16,21,27H,2-4H2,1H3. The number of nitrogens with zero attached hydrogens (tertiary/aromatic N) is 3. The van der Waals surface area contributed by atoms with Crippen molar-refractivity contribution in [3.8, 4) is 16.3 Å². The third-order valence-electron chi connectivity index (χ3n) is 5.69. The van der Waals surface area contributed by atoms with E-state index >= 15 is 0 Å². The molecule has 2 unspecified atom stereocenters. The molecule has 4 nitrogen and oxygen atoms in total. The van der Waals surface area contributed by atoms with Crippen molar-refractivity contribution in [3.63, 3.8) is 0 Å². The monoisotopic (exact) mass is 434 g/mol. The Kier molecular flexibility index (Phi) is 5.42. The van der Waals surface area contributed by atoms with Crippen LogP contribution in [0.1, 0.15) is 48.0 Å². The summed E-state index contributed by atoms with van der Waals surface area (Å²) in [5, 5.41) is 5.69. The minimum atomic E-state index is 0.263. The van der Waals surface area contributed by atoms with E-state index in [9.17, 15) is 0 Å². The molecule has 4 aromatic rings. The predicted molar refractivity (Wildman–Crippen MR) is 123 cm³/mol. The molecule has 0 amide bonds. The van der Waals surface area contributed by atoms with Gasteiger partial charge in [-0.15, -0.1) is 11.3 Å². The van der Waals surface area contributed by atoms with E-state index in [1.807, 2.05) is 40.6 Å². The average Bonchev–Trinajstić information content (AvgIpc) is 3.45. The van der Waals surface area contributed by atoms with Gasteiger partial charge in [-0.05, 0) is 56.0 Å². The van der Waals surface area contributed by atoms with Gasteiger partial charge in [0, 0.05) is 45.6 Å². The van der Waals surface area contributed by atoms with Crippen molar-refractivity contribution >= 4 is 22.9 Å². The first-order valence-corrected chi connectivity index (χ1v) is 11.5. The summed E-state index contributed by atoms with van der Waals surface area (Å²) in [6, 6.07) is 17.3. The number of aryl methyl sites for hydroxylation is 1. The maximum Gasteiger partial charge on any atom is 0.123 e. The largest absolute Gasteiger partial charge is 0.306 e. The van der Waals surface area contributed by atoms with E-state index < -0.39 is 0 Å². The van der Waals surface area contributed by atoms with Crippen molar-refractivity contribution in [2.75, 3.05) is 0 Å². The lowest BCUT2D eigenvalue weighted by Crippen LogP contribution is -2.27. The molecule has 0 bridgehead atoms. The first-order chi connectivity index (χ1) is 14.7. The molecule has 5 rings (SSSR count). The molecule has 0 saturated carbocycles. The lowest BCUT2D eigenvalue weighted by molar-refractivity contribution is 0.419. The second kappa shape index (κ2) is 8.34. The molecule has 2 atom stereocenters. The molecule has 2 aromatic heterocycles. The highest BCUT2D eigenvalue weighted by Crippen LogP contribution is 2.39. The Labute approximate surface area is 185 Å². The number of hydrogen-bond acceptors (Lipinski definition) is 4. The number of thiazole rings is 1. The number of benzene rings is 2. The van der Waals surface area contributed by atoms with Crippen LogP contribution in [-0.4, -0.2) is 14.5 Å². The summed E-state index contributed by atoms with van der Waals surface area (Å²) in [7, 11) is 0. The predicted octanol–water partition coefficient (Wildman–Crippen LogP) is 6.38. The van der Waals surface area contributed by atoms with Gasteiger partial charge in [0.15, 0.2) is 0 Å². The fourth-order valence-corrected chi connectivity index (χ4v) is 5.38. The Hall–Kier alpha value is -2.47. The highest BCUT2D eigenvalue weighted by Gasteiger charge is 2.26. The molecule has 0 spiro atoms. The van der Waals surface area contributed by atoms with E-state index in [4.69, 9.17) is 16.6 Å². The topological polar surface area (TPSA) is 42.7 Å². The maximum atomic E-state index is 6.05. The lowest BCUT2D eigenvalue weighted by atomic mass is 9.96. The quantitative estimate of drug-likeness (QED) is 0.396. The van der Waals surface area contributed by atoms with Crippen LogP contribution in [0.4, 0.5) is 0 Å². The van der Waals surface area contributed by atoms with Gasteiger partial charge in [-0.1, -0.05) is 35.9 Å². The van der Waals surface area contributed by atoms with Gasteiger partial charge in [-0.3, -0.25) is 0 Å². The summed E-state index contributed by atoms with van der Waals surface area (Å²) in [6.45, 7) is 2.24. The molecule has 2 aromatic carbocycles. The van der Waals surface area contributed by atoms with E-state index in [2.05, 4.69) is 53.6 Å². The number of rotatable bonds is 5. The van der Waals surface area contributed by atoms with Gasteiger partial charge in [0.05, 0.1) is 12.0 Å². The van der Waals surface area contributed by atoms with Crippen LogP contribution in [0.25, 0.3) is 16.3 Å². The van der Waals surface area contributed by atoms with Crippen LogP contribution in [0.5, 0.6) is 0 Å². The van der Waals surface area contributed by atoms with Gasteiger partial charge in [0.2, 0.25) is 0 Å². The number of halogens is 1. The van der Waals surface area contributed by atoms with Gasteiger partial charge in [-0.2, -0.15) is 0 Å². The minimum Gasteiger partial charge on any atom is -0.306 e. The second-order valence-corrected chi connectivity index (χ2v) is 9.20. The third-order valence-corrected chi connectivity index (χ3v) is 7.20. The maximum absolute atomic E-state index is 6.05. The zero-order chi connectivity index (χ0) is 20.5. The Bertz CT molecular complexity index is 1120. The summed E-state index contributed by atoms with van der Waals surface area (Å²) in [6.07, 6.45) is 8.95. The van der Waals surface area contributed by atoms with Crippen LogP contribution < -0.4 is 5.32 Å². The smallest absolute Gasteiger partial charge is 0.123 e. The number of fused-ring (bicyclic) bond motifs is 1. The SMILES string of the molecule is CC(NC1CCCc2nc(-c3ccc(Cl)cc3)sc21)c1ccc(-n2ccnc2)cc1. The summed E-state index contributed by atoms with van der Waals surface area (Å²) < 4.78 is 2.02. The summed E-state index contributed by atoms with van der Waals surface area (Å²) >= 11 is 7.86. The molecule has 2 heterocycles. The minimum absolute atomic E-state index is 0.263. The van der Waals surface area contributed by atoms with Gasteiger partial charge < -0.3 is 9.88 Å². The first-order valence-electron chi connectivity index (χ1n) is 10.3. The Morgan fingerprint density at radius 2 is 1.93 bits per heavy atom. The van der Waals surface area contributed by atoms with Crippen LogP contribution >= 0.6 is 22.9 Å². The number of aromatic nitrogens is 3. The Morgan fingerprint density at radius 1 is 1.13 bits per heavy atom. The first kappa shape index (κ1) is 19.5. The average molecular weight is 435 g/mol. The van der Waals surface area contributed by atoms with Crippen molar-refractivity contribution in [1.82, 2.24) is 19.9 Å². The third kappa shape index (κ3) is 3.93. The van der Waals surface area contributed by atoms with Crippen molar-refractivity contribution in [1.29, 1.82) is 0 Å². The Balaban J connectivity index is 1.34. The van der Waals surface area contributed by atoms with Gasteiger partial charge in [-0.25, -0.2) is 9.97 Å². The van der Waals surface area contributed by atoms with Crippen LogP contribution in [0.15, 0.2) is 67.3 Å². The molecule has 0 radical (unpaired) electrons. The van der Waals surface area contributed by atoms with Crippen molar-refractivity contribution < 1.29 is 0 Å². The van der Waals surface area contributed by atoms with E-state index in [1.54, 1.807) is 6.20 Å². The summed E-state index contributed by atoms with van der Waals surface area (Å²) in [4.78, 5) is 10.5. The molecule has 6 heteroatoms. The van der Waals surface area contributed by atoms with Crippen molar-refractivity contribution in [3.05, 3.63) is 88.4 Å². The molecular formula is C24H23ClN4S. The van der Waals surface area contributed by atoms with Gasteiger partial charge in [0.1, 0.15) is 5.01 Å². The Morgan fingerprint density at radius 3 is 2.67 bits per heavy atom. The van der Waals surface area contributed by atoms with E-state index in [1.165, 1.54) is 22.6 Å². The van der Waals surface area contributed by atoms with Crippen LogP contribution in [0.2, 0.25) is 5.02 Å². The van der Waals surface area contributed by atoms with E-state index in [0.29, 0.717) is 6.04 Å². The fourth-order valence-electron chi connectivity index (χ4n) is 4.04. The molecule has 0 fully saturated rings. The van der Waals surface area contributed by atoms with Crippen LogP contribution in [0.3, 0.4) is 0 Å². The molecule has 152 valence electrons. The zero-order valence-corrected chi connectivity index (χ0v) is 18.3. The van der Waals surface area contributed by atoms with E-state index in [-0.39, 0.29) is 6.04 Å².